The second-order valence-corrected chi connectivity index (χ2v) is 16.1. The van der Waals surface area contributed by atoms with Crippen LogP contribution in [0.2, 0.25) is 0 Å². The Kier molecular flexibility index (Phi) is 7.31. The van der Waals surface area contributed by atoms with Gasteiger partial charge in [-0.1, -0.05) is 164 Å². The highest BCUT2D eigenvalue weighted by Crippen LogP contribution is 2.45. The van der Waals surface area contributed by atoms with Crippen LogP contribution in [0.3, 0.4) is 0 Å². The molecule has 0 saturated heterocycles. The molecule has 0 saturated carbocycles. The van der Waals surface area contributed by atoms with Crippen LogP contribution in [0.1, 0.15) is 0 Å². The Morgan fingerprint density at radius 3 is 1.71 bits per heavy atom. The Morgan fingerprint density at radius 2 is 0.980 bits per heavy atom. The minimum absolute atomic E-state index is 0.818. The number of thiophene rings is 1. The summed E-state index contributed by atoms with van der Waals surface area (Å²) in [5.41, 5.74) is 7.38. The van der Waals surface area contributed by atoms with Crippen molar-refractivity contribution in [2.75, 3.05) is 0 Å². The lowest BCUT2D eigenvalue weighted by atomic mass is 9.95. The van der Waals surface area contributed by atoms with Crippen molar-refractivity contribution in [1.82, 2.24) is 4.98 Å². The topological polar surface area (TPSA) is 30.0 Å². The summed E-state index contributed by atoms with van der Waals surface area (Å²) >= 11 is 1.81. The fourth-order valence-electron chi connectivity index (χ4n) is 7.00. The van der Waals surface area contributed by atoms with Crippen molar-refractivity contribution < 1.29 is 4.57 Å². The molecule has 2 nitrogen and oxygen atoms in total. The highest BCUT2D eigenvalue weighted by atomic mass is 32.1. The molecule has 0 spiro atoms. The quantitative estimate of drug-likeness (QED) is 0.166. The third kappa shape index (κ3) is 5.02. The van der Waals surface area contributed by atoms with Crippen molar-refractivity contribution in [2.45, 2.75) is 0 Å². The van der Waals surface area contributed by atoms with E-state index in [-0.39, 0.29) is 0 Å². The van der Waals surface area contributed by atoms with Gasteiger partial charge in [0.2, 0.25) is 0 Å². The van der Waals surface area contributed by atoms with E-state index in [1.165, 1.54) is 20.2 Å². The third-order valence-electron chi connectivity index (χ3n) is 9.34. The lowest BCUT2D eigenvalue weighted by molar-refractivity contribution is 0.592. The molecule has 0 aliphatic carbocycles. The number of benzene rings is 7. The van der Waals surface area contributed by atoms with Crippen LogP contribution in [0.15, 0.2) is 182 Å². The number of rotatable bonds is 6. The van der Waals surface area contributed by atoms with E-state index < -0.39 is 7.14 Å². The zero-order chi connectivity index (χ0) is 32.8. The van der Waals surface area contributed by atoms with Crippen molar-refractivity contribution in [3.05, 3.63) is 182 Å². The number of fused-ring (bicyclic) bond motifs is 5. The van der Waals surface area contributed by atoms with Crippen LogP contribution in [-0.2, 0) is 4.57 Å². The molecule has 4 heteroatoms. The van der Waals surface area contributed by atoms with Crippen molar-refractivity contribution in [3.8, 4) is 33.5 Å². The van der Waals surface area contributed by atoms with Crippen LogP contribution < -0.4 is 15.9 Å². The molecule has 0 atom stereocenters. The SMILES string of the molecule is O=P(c1ccccc1)(c1ccccc1)c1cccc(-c2cccc(-c3cccc4c3nc(-c3ccccc3)c3sc5ccccc5c34)c2)c1. The Bertz CT molecular complexity index is 2640. The van der Waals surface area contributed by atoms with Gasteiger partial charge in [-0.05, 0) is 34.9 Å². The molecule has 0 fully saturated rings. The molecule has 0 unspecified atom stereocenters. The minimum atomic E-state index is -3.11. The first-order chi connectivity index (χ1) is 24.2. The van der Waals surface area contributed by atoms with Gasteiger partial charge in [-0.15, -0.1) is 11.3 Å². The van der Waals surface area contributed by atoms with Gasteiger partial charge in [-0.3, -0.25) is 0 Å². The molecular formula is C45H30NOPS. The maximum absolute atomic E-state index is 15.2. The summed E-state index contributed by atoms with van der Waals surface area (Å²) < 4.78 is 17.6. The standard InChI is InChI=1S/C45H30NOPS/c47-48(35-20-6-2-7-21-35,36-22-8-3-9-23-36)37-24-13-18-33(30-37)32-17-12-19-34(29-32)38-26-14-27-40-42-39-25-10-11-28-41(39)49-45(42)43(46-44(38)40)31-15-4-1-5-16-31/h1-30H. The van der Waals surface area contributed by atoms with Gasteiger partial charge in [0, 0.05) is 47.9 Å². The molecule has 0 aliphatic rings. The number of hydrogen-bond acceptors (Lipinski definition) is 3. The van der Waals surface area contributed by atoms with E-state index in [2.05, 4.69) is 109 Å². The van der Waals surface area contributed by atoms with E-state index in [1.54, 1.807) is 0 Å². The highest BCUT2D eigenvalue weighted by molar-refractivity contribution is 7.85. The molecule has 2 aromatic heterocycles. The molecule has 0 amide bonds. The predicted molar refractivity (Wildman–Crippen MR) is 210 cm³/mol. The van der Waals surface area contributed by atoms with Gasteiger partial charge in [-0.25, -0.2) is 4.98 Å². The smallest absolute Gasteiger partial charge is 0.171 e. The van der Waals surface area contributed by atoms with Crippen LogP contribution >= 0.6 is 18.5 Å². The summed E-state index contributed by atoms with van der Waals surface area (Å²) in [4.78, 5) is 5.43. The monoisotopic (exact) mass is 663 g/mol. The molecular weight excluding hydrogens is 634 g/mol. The average Bonchev–Trinajstić information content (AvgIpc) is 3.58. The second-order valence-electron chi connectivity index (χ2n) is 12.2. The molecule has 9 rings (SSSR count). The number of hydrogen-bond donors (Lipinski definition) is 0. The molecule has 0 aliphatic heterocycles. The van der Waals surface area contributed by atoms with E-state index in [0.29, 0.717) is 0 Å². The maximum Gasteiger partial charge on any atom is 0.171 e. The van der Waals surface area contributed by atoms with Crippen LogP contribution in [0, 0.1) is 0 Å². The molecule has 7 aromatic carbocycles. The van der Waals surface area contributed by atoms with Gasteiger partial charge in [0.15, 0.2) is 7.14 Å². The normalized spacial score (nSPS) is 11.8. The fourth-order valence-corrected chi connectivity index (χ4v) is 10.9. The second kappa shape index (κ2) is 12.1. The summed E-state index contributed by atoms with van der Waals surface area (Å²) in [6.07, 6.45) is 0. The van der Waals surface area contributed by atoms with E-state index in [1.807, 2.05) is 84.1 Å². The summed E-state index contributed by atoms with van der Waals surface area (Å²) in [6.45, 7) is 0. The van der Waals surface area contributed by atoms with E-state index in [9.17, 15) is 0 Å². The van der Waals surface area contributed by atoms with E-state index in [0.717, 1.165) is 60.3 Å². The number of pyridine rings is 1. The molecule has 0 radical (unpaired) electrons. The Balaban J connectivity index is 1.22. The molecule has 0 bridgehead atoms. The lowest BCUT2D eigenvalue weighted by Gasteiger charge is -2.20. The van der Waals surface area contributed by atoms with E-state index in [4.69, 9.17) is 4.98 Å². The molecule has 232 valence electrons. The maximum atomic E-state index is 15.2. The Hall–Kier alpha value is -5.60. The number of aromatic nitrogens is 1. The third-order valence-corrected chi connectivity index (χ3v) is 13.6. The van der Waals surface area contributed by atoms with Gasteiger partial charge >= 0.3 is 0 Å². The first-order valence-corrected chi connectivity index (χ1v) is 18.9. The van der Waals surface area contributed by atoms with Crippen molar-refractivity contribution in [2.24, 2.45) is 0 Å². The van der Waals surface area contributed by atoms with Crippen molar-refractivity contribution in [3.63, 3.8) is 0 Å². The molecule has 0 N–H and O–H groups in total. The largest absolute Gasteiger partial charge is 0.309 e. The Labute approximate surface area is 289 Å². The predicted octanol–water partition coefficient (Wildman–Crippen LogP) is 11.2. The number of nitrogens with zero attached hydrogens (tertiary/aromatic N) is 1. The lowest BCUT2D eigenvalue weighted by Crippen LogP contribution is -2.25. The fraction of sp³-hybridized carbons (Fsp3) is 0. The molecule has 2 heterocycles. The molecule has 49 heavy (non-hydrogen) atoms. The van der Waals surface area contributed by atoms with Gasteiger partial charge in [0.05, 0.1) is 15.9 Å². The van der Waals surface area contributed by atoms with E-state index >= 15 is 4.57 Å². The van der Waals surface area contributed by atoms with Gasteiger partial charge in [-0.2, -0.15) is 0 Å². The van der Waals surface area contributed by atoms with Gasteiger partial charge in [0.1, 0.15) is 0 Å². The summed E-state index contributed by atoms with van der Waals surface area (Å²) in [7, 11) is -3.11. The summed E-state index contributed by atoms with van der Waals surface area (Å²) in [5, 5.41) is 6.15. The van der Waals surface area contributed by atoms with Crippen LogP contribution in [-0.4, -0.2) is 4.98 Å². The highest BCUT2D eigenvalue weighted by Gasteiger charge is 2.29. The minimum Gasteiger partial charge on any atom is -0.309 e. The number of para-hydroxylation sites is 1. The van der Waals surface area contributed by atoms with Gasteiger partial charge < -0.3 is 4.57 Å². The summed E-state index contributed by atoms with van der Waals surface area (Å²) in [6, 6.07) is 62.3. The first kappa shape index (κ1) is 29.5. The van der Waals surface area contributed by atoms with Gasteiger partial charge in [0.25, 0.3) is 0 Å². The van der Waals surface area contributed by atoms with Crippen LogP contribution in [0.4, 0.5) is 0 Å². The average molecular weight is 664 g/mol. The zero-order valence-corrected chi connectivity index (χ0v) is 28.2. The summed E-state index contributed by atoms with van der Waals surface area (Å²) in [5.74, 6) is 0. The van der Waals surface area contributed by atoms with Crippen LogP contribution in [0.5, 0.6) is 0 Å². The van der Waals surface area contributed by atoms with Crippen molar-refractivity contribution in [1.29, 1.82) is 0 Å². The first-order valence-electron chi connectivity index (χ1n) is 16.4. The Morgan fingerprint density at radius 1 is 0.449 bits per heavy atom. The molecule has 9 aromatic rings. The van der Waals surface area contributed by atoms with Crippen LogP contribution in [0.25, 0.3) is 64.6 Å². The van der Waals surface area contributed by atoms with Crippen molar-refractivity contribution >= 4 is 65.5 Å². The zero-order valence-electron chi connectivity index (χ0n) is 26.5.